The van der Waals surface area contributed by atoms with E-state index in [2.05, 4.69) is 5.32 Å². The Balaban J connectivity index is 1.49. The molecule has 0 radical (unpaired) electrons. The zero-order chi connectivity index (χ0) is 23.9. The van der Waals surface area contributed by atoms with Crippen LogP contribution in [0.3, 0.4) is 0 Å². The maximum Gasteiger partial charge on any atom is 0.417 e. The molecule has 2 N–H and O–H groups in total. The molecule has 0 saturated heterocycles. The Morgan fingerprint density at radius 3 is 2.18 bits per heavy atom. The van der Waals surface area contributed by atoms with Gasteiger partial charge in [-0.05, 0) is 42.0 Å². The Hall–Kier alpha value is -3.37. The minimum absolute atomic E-state index is 0.264. The summed E-state index contributed by atoms with van der Waals surface area (Å²) in [6, 6.07) is 20.1. The number of nitrogens with one attached hydrogen (secondary N) is 2. The molecule has 0 heterocycles. The number of alkyl halides is 3. The lowest BCUT2D eigenvalue weighted by atomic mass is 10.2. The van der Waals surface area contributed by atoms with Gasteiger partial charge in [-0.25, -0.2) is 13.1 Å². The minimum atomic E-state index is -4.82. The van der Waals surface area contributed by atoms with Gasteiger partial charge < -0.3 is 10.1 Å². The van der Waals surface area contributed by atoms with Crippen LogP contribution in [0, 0.1) is 0 Å². The largest absolute Gasteiger partial charge is 0.489 e. The molecular formula is C23H21F3N2O4S. The fraction of sp³-hybridized carbons (Fsp3) is 0.174. The SMILES string of the molecule is O=C(CCNS(=O)(=O)c1ccccc1C(F)(F)F)Nc1ccc(OCc2ccccc2)cc1. The van der Waals surface area contributed by atoms with Gasteiger partial charge in [0.2, 0.25) is 15.9 Å². The average molecular weight is 478 g/mol. The molecule has 0 saturated carbocycles. The van der Waals surface area contributed by atoms with Gasteiger partial charge in [-0.1, -0.05) is 42.5 Å². The van der Waals surface area contributed by atoms with Crippen LogP contribution in [0.25, 0.3) is 0 Å². The van der Waals surface area contributed by atoms with Gasteiger partial charge in [0.25, 0.3) is 0 Å². The molecule has 0 fully saturated rings. The summed E-state index contributed by atoms with van der Waals surface area (Å²) in [4.78, 5) is 11.2. The van der Waals surface area contributed by atoms with Crippen LogP contribution in [0.4, 0.5) is 18.9 Å². The summed E-state index contributed by atoms with van der Waals surface area (Å²) in [5.74, 6) is 0.104. The topological polar surface area (TPSA) is 84.5 Å². The number of carbonyl (C=O) groups excluding carboxylic acids is 1. The van der Waals surface area contributed by atoms with Crippen LogP contribution in [0.1, 0.15) is 17.5 Å². The monoisotopic (exact) mass is 478 g/mol. The molecule has 3 rings (SSSR count). The Morgan fingerprint density at radius 1 is 0.879 bits per heavy atom. The summed E-state index contributed by atoms with van der Waals surface area (Å²) in [5.41, 5.74) is 0.212. The van der Waals surface area contributed by atoms with E-state index in [-0.39, 0.29) is 13.0 Å². The van der Waals surface area contributed by atoms with Crippen molar-refractivity contribution >= 4 is 21.6 Å². The fourth-order valence-corrected chi connectivity index (χ4v) is 4.17. The van der Waals surface area contributed by atoms with Crippen LogP contribution in [-0.4, -0.2) is 20.9 Å². The first-order chi connectivity index (χ1) is 15.6. The molecule has 0 bridgehead atoms. The predicted molar refractivity (Wildman–Crippen MR) is 117 cm³/mol. The number of benzene rings is 3. The van der Waals surface area contributed by atoms with E-state index in [0.29, 0.717) is 24.1 Å². The minimum Gasteiger partial charge on any atom is -0.489 e. The Kier molecular flexibility index (Phi) is 7.72. The van der Waals surface area contributed by atoms with Gasteiger partial charge in [-0.2, -0.15) is 13.2 Å². The molecule has 6 nitrogen and oxygen atoms in total. The van der Waals surface area contributed by atoms with Crippen LogP contribution in [0.2, 0.25) is 0 Å². The first-order valence-corrected chi connectivity index (χ1v) is 11.4. The fourth-order valence-electron chi connectivity index (χ4n) is 2.91. The van der Waals surface area contributed by atoms with Crippen molar-refractivity contribution < 1.29 is 31.1 Å². The second-order valence-electron chi connectivity index (χ2n) is 6.99. The summed E-state index contributed by atoms with van der Waals surface area (Å²) in [5, 5.41) is 2.60. The quantitative estimate of drug-likeness (QED) is 0.471. The standard InChI is InChI=1S/C23H21F3N2O4S/c24-23(25,26)20-8-4-5-9-21(20)33(30,31)27-15-14-22(29)28-18-10-12-19(13-11-18)32-16-17-6-2-1-3-7-17/h1-13,27H,14-16H2,(H,28,29). The van der Waals surface area contributed by atoms with Crippen molar-refractivity contribution in [3.63, 3.8) is 0 Å². The lowest BCUT2D eigenvalue weighted by Gasteiger charge is -2.13. The summed E-state index contributed by atoms with van der Waals surface area (Å²) in [7, 11) is -4.44. The lowest BCUT2D eigenvalue weighted by molar-refractivity contribution is -0.139. The third-order valence-corrected chi connectivity index (χ3v) is 6.03. The zero-order valence-electron chi connectivity index (χ0n) is 17.3. The van der Waals surface area contributed by atoms with E-state index < -0.39 is 32.6 Å². The van der Waals surface area contributed by atoms with Crippen LogP contribution in [0.15, 0.2) is 83.8 Å². The molecule has 0 aliphatic carbocycles. The number of anilines is 1. The Bertz CT molecular complexity index is 1180. The van der Waals surface area contributed by atoms with Crippen molar-refractivity contribution in [2.45, 2.75) is 24.1 Å². The number of hydrogen-bond donors (Lipinski definition) is 2. The van der Waals surface area contributed by atoms with Gasteiger partial charge in [0.05, 0.1) is 10.5 Å². The van der Waals surface area contributed by atoms with E-state index in [0.717, 1.165) is 17.7 Å². The normalized spacial score (nSPS) is 11.7. The van der Waals surface area contributed by atoms with Gasteiger partial charge >= 0.3 is 6.18 Å². The van der Waals surface area contributed by atoms with E-state index in [1.165, 1.54) is 6.07 Å². The van der Waals surface area contributed by atoms with Gasteiger partial charge in [-0.3, -0.25) is 4.79 Å². The molecule has 0 unspecified atom stereocenters. The van der Waals surface area contributed by atoms with Crippen molar-refractivity contribution in [1.29, 1.82) is 0 Å². The molecule has 1 amide bonds. The number of sulfonamides is 1. The molecule has 0 aliphatic rings. The summed E-state index contributed by atoms with van der Waals surface area (Å²) in [6.07, 6.45) is -5.08. The highest BCUT2D eigenvalue weighted by molar-refractivity contribution is 7.89. The number of carbonyl (C=O) groups is 1. The van der Waals surface area contributed by atoms with Crippen molar-refractivity contribution in [3.8, 4) is 5.75 Å². The van der Waals surface area contributed by atoms with Crippen LogP contribution >= 0.6 is 0 Å². The van der Waals surface area contributed by atoms with Gasteiger partial charge in [-0.15, -0.1) is 0 Å². The molecule has 0 aromatic heterocycles. The molecule has 0 spiro atoms. The highest BCUT2D eigenvalue weighted by Gasteiger charge is 2.36. The predicted octanol–water partition coefficient (Wildman–Crippen LogP) is 4.59. The second kappa shape index (κ2) is 10.5. The van der Waals surface area contributed by atoms with Crippen molar-refractivity contribution in [3.05, 3.63) is 90.0 Å². The molecule has 0 aliphatic heterocycles. The van der Waals surface area contributed by atoms with Crippen LogP contribution < -0.4 is 14.8 Å². The number of halogens is 3. The number of ether oxygens (including phenoxy) is 1. The highest BCUT2D eigenvalue weighted by atomic mass is 32.2. The van der Waals surface area contributed by atoms with E-state index in [1.54, 1.807) is 24.3 Å². The van der Waals surface area contributed by atoms with Gasteiger partial charge in [0.1, 0.15) is 12.4 Å². The van der Waals surface area contributed by atoms with Crippen molar-refractivity contribution in [2.75, 3.05) is 11.9 Å². The van der Waals surface area contributed by atoms with E-state index >= 15 is 0 Å². The molecular weight excluding hydrogens is 457 g/mol. The zero-order valence-corrected chi connectivity index (χ0v) is 18.1. The molecule has 3 aromatic rings. The van der Waals surface area contributed by atoms with E-state index in [1.807, 2.05) is 35.1 Å². The van der Waals surface area contributed by atoms with E-state index in [9.17, 15) is 26.4 Å². The maximum absolute atomic E-state index is 13.1. The highest BCUT2D eigenvalue weighted by Crippen LogP contribution is 2.33. The molecule has 174 valence electrons. The van der Waals surface area contributed by atoms with E-state index in [4.69, 9.17) is 4.74 Å². The first kappa shape index (κ1) is 24.3. The van der Waals surface area contributed by atoms with Gasteiger partial charge in [0.15, 0.2) is 0 Å². The molecule has 0 atom stereocenters. The summed E-state index contributed by atoms with van der Waals surface area (Å²) < 4.78 is 71.5. The van der Waals surface area contributed by atoms with Crippen molar-refractivity contribution in [1.82, 2.24) is 4.72 Å². The maximum atomic E-state index is 13.1. The summed E-state index contributed by atoms with van der Waals surface area (Å²) in [6.45, 7) is 0.0305. The Morgan fingerprint density at radius 2 is 1.52 bits per heavy atom. The number of hydrogen-bond acceptors (Lipinski definition) is 4. The lowest BCUT2D eigenvalue weighted by Crippen LogP contribution is -2.29. The third kappa shape index (κ3) is 7.06. The second-order valence-corrected chi connectivity index (χ2v) is 8.72. The van der Waals surface area contributed by atoms with Crippen LogP contribution in [0.5, 0.6) is 5.75 Å². The number of amides is 1. The number of rotatable bonds is 9. The summed E-state index contributed by atoms with van der Waals surface area (Å²) >= 11 is 0. The third-order valence-electron chi connectivity index (χ3n) is 4.51. The molecule has 33 heavy (non-hydrogen) atoms. The van der Waals surface area contributed by atoms with Gasteiger partial charge in [0, 0.05) is 18.7 Å². The van der Waals surface area contributed by atoms with Crippen LogP contribution in [-0.2, 0) is 27.6 Å². The van der Waals surface area contributed by atoms with Crippen molar-refractivity contribution in [2.24, 2.45) is 0 Å². The first-order valence-electron chi connectivity index (χ1n) is 9.88. The smallest absolute Gasteiger partial charge is 0.417 e. The molecule has 10 heteroatoms. The molecule has 3 aromatic carbocycles. The average Bonchev–Trinajstić information content (AvgIpc) is 2.78. The Labute approximate surface area is 189 Å².